The molecule has 0 saturated heterocycles. The van der Waals surface area contributed by atoms with Crippen molar-refractivity contribution in [3.63, 3.8) is 0 Å². The van der Waals surface area contributed by atoms with Gasteiger partial charge in [-0.1, -0.05) is 6.07 Å². The van der Waals surface area contributed by atoms with Gasteiger partial charge >= 0.3 is 0 Å². The second kappa shape index (κ2) is 4.52. The van der Waals surface area contributed by atoms with Crippen LogP contribution < -0.4 is 22.1 Å². The van der Waals surface area contributed by atoms with Crippen molar-refractivity contribution in [1.82, 2.24) is 0 Å². The quantitative estimate of drug-likeness (QED) is 0.583. The number of anilines is 2. The zero-order valence-electron chi connectivity index (χ0n) is 8.93. The van der Waals surface area contributed by atoms with Crippen molar-refractivity contribution in [3.8, 4) is 0 Å². The summed E-state index contributed by atoms with van der Waals surface area (Å²) >= 11 is 0. The lowest BCUT2D eigenvalue weighted by molar-refractivity contribution is -0.116. The van der Waals surface area contributed by atoms with Crippen LogP contribution in [0.15, 0.2) is 18.2 Å². The van der Waals surface area contributed by atoms with E-state index >= 15 is 0 Å². The second-order valence-electron chi connectivity index (χ2n) is 3.43. The van der Waals surface area contributed by atoms with Crippen molar-refractivity contribution in [2.75, 3.05) is 24.2 Å². The first-order valence-electron chi connectivity index (χ1n) is 4.61. The van der Waals surface area contributed by atoms with E-state index in [4.69, 9.17) is 17.2 Å². The smallest absolute Gasteiger partial charge is 0.250 e. The minimum atomic E-state index is -0.598. The van der Waals surface area contributed by atoms with Crippen LogP contribution in [0.5, 0.6) is 0 Å². The molecule has 0 aliphatic carbocycles. The molecule has 0 radical (unpaired) electrons. The Morgan fingerprint density at radius 3 is 2.44 bits per heavy atom. The average molecular weight is 222 g/mol. The van der Waals surface area contributed by atoms with Gasteiger partial charge in [-0.15, -0.1) is 0 Å². The van der Waals surface area contributed by atoms with Crippen LogP contribution in [0.2, 0.25) is 0 Å². The first-order chi connectivity index (χ1) is 7.43. The Morgan fingerprint density at radius 1 is 1.31 bits per heavy atom. The number of nitrogen functional groups attached to an aromatic ring is 1. The molecule has 1 rings (SSSR count). The summed E-state index contributed by atoms with van der Waals surface area (Å²) in [5.41, 5.74) is 17.1. The van der Waals surface area contributed by atoms with Gasteiger partial charge in [-0.2, -0.15) is 0 Å². The molecule has 0 spiro atoms. The lowest BCUT2D eigenvalue weighted by Gasteiger charge is -2.21. The Bertz CT molecular complexity index is 431. The maximum absolute atomic E-state index is 11.2. The molecule has 6 heteroatoms. The number of carbonyl (C=O) groups is 2. The summed E-state index contributed by atoms with van der Waals surface area (Å²) in [4.78, 5) is 23.5. The Labute approximate surface area is 93.0 Å². The molecule has 0 aromatic heterocycles. The fourth-order valence-corrected chi connectivity index (χ4v) is 1.50. The first kappa shape index (κ1) is 11.8. The molecule has 1 aromatic rings. The third kappa shape index (κ3) is 2.41. The monoisotopic (exact) mass is 222 g/mol. The van der Waals surface area contributed by atoms with Crippen LogP contribution >= 0.6 is 0 Å². The lowest BCUT2D eigenvalue weighted by Crippen LogP contribution is -2.32. The highest BCUT2D eigenvalue weighted by atomic mass is 16.1. The summed E-state index contributed by atoms with van der Waals surface area (Å²) in [5.74, 6) is -1.11. The number of para-hydroxylation sites is 1. The number of carbonyl (C=O) groups excluding carboxylic acids is 2. The van der Waals surface area contributed by atoms with E-state index in [2.05, 4.69) is 0 Å². The predicted octanol–water partition coefficient (Wildman–Crippen LogP) is -0.711. The van der Waals surface area contributed by atoms with Crippen LogP contribution in [0.3, 0.4) is 0 Å². The minimum Gasteiger partial charge on any atom is -0.397 e. The number of amides is 2. The highest BCUT2D eigenvalue weighted by Crippen LogP contribution is 2.26. The molecule has 0 saturated carbocycles. The summed E-state index contributed by atoms with van der Waals surface area (Å²) in [5, 5.41) is 0. The SMILES string of the molecule is CN(CC(N)=O)c1c(N)cccc1C(N)=O. The van der Waals surface area contributed by atoms with Crippen molar-refractivity contribution in [2.45, 2.75) is 0 Å². The molecule has 0 bridgehead atoms. The van der Waals surface area contributed by atoms with E-state index in [0.717, 1.165) is 0 Å². The Hall–Kier alpha value is -2.24. The highest BCUT2D eigenvalue weighted by Gasteiger charge is 2.15. The predicted molar refractivity (Wildman–Crippen MR) is 61.8 cm³/mol. The molecular formula is C10H14N4O2. The van der Waals surface area contributed by atoms with Crippen LogP contribution in [0.1, 0.15) is 10.4 Å². The van der Waals surface area contributed by atoms with Gasteiger partial charge in [0.2, 0.25) is 5.91 Å². The fraction of sp³-hybridized carbons (Fsp3) is 0.200. The summed E-state index contributed by atoms with van der Waals surface area (Å²) in [6.07, 6.45) is 0. The van der Waals surface area contributed by atoms with Gasteiger partial charge in [-0.3, -0.25) is 9.59 Å². The van der Waals surface area contributed by atoms with Crippen molar-refractivity contribution < 1.29 is 9.59 Å². The zero-order chi connectivity index (χ0) is 12.3. The van der Waals surface area contributed by atoms with Gasteiger partial charge in [-0.25, -0.2) is 0 Å². The number of nitrogens with zero attached hydrogens (tertiary/aromatic N) is 1. The van der Waals surface area contributed by atoms with E-state index in [1.54, 1.807) is 25.2 Å². The molecule has 0 atom stereocenters. The first-order valence-corrected chi connectivity index (χ1v) is 4.61. The maximum atomic E-state index is 11.2. The normalized spacial score (nSPS) is 9.81. The highest BCUT2D eigenvalue weighted by molar-refractivity contribution is 6.02. The molecule has 0 fully saturated rings. The minimum absolute atomic E-state index is 0.0332. The molecular weight excluding hydrogens is 208 g/mol. The number of likely N-dealkylation sites (N-methyl/N-ethyl adjacent to an activating group) is 1. The molecule has 1 aromatic carbocycles. The van der Waals surface area contributed by atoms with E-state index in [0.29, 0.717) is 11.4 Å². The van der Waals surface area contributed by atoms with Crippen LogP contribution in [0.25, 0.3) is 0 Å². The number of primary amides is 2. The van der Waals surface area contributed by atoms with Gasteiger partial charge in [0.1, 0.15) is 0 Å². The van der Waals surface area contributed by atoms with Crippen molar-refractivity contribution >= 4 is 23.2 Å². The van der Waals surface area contributed by atoms with Crippen molar-refractivity contribution in [3.05, 3.63) is 23.8 Å². The molecule has 0 unspecified atom stereocenters. The van der Waals surface area contributed by atoms with Gasteiger partial charge in [0, 0.05) is 7.05 Å². The number of nitrogens with two attached hydrogens (primary N) is 3. The summed E-state index contributed by atoms with van der Waals surface area (Å²) in [7, 11) is 1.61. The third-order valence-electron chi connectivity index (χ3n) is 2.11. The maximum Gasteiger partial charge on any atom is 0.250 e. The van der Waals surface area contributed by atoms with Gasteiger partial charge in [0.05, 0.1) is 23.5 Å². The van der Waals surface area contributed by atoms with Crippen LogP contribution in [-0.2, 0) is 4.79 Å². The Kier molecular flexibility index (Phi) is 3.34. The summed E-state index contributed by atoms with van der Waals surface area (Å²) in [6.45, 7) is -0.0332. The van der Waals surface area contributed by atoms with Crippen molar-refractivity contribution in [2.24, 2.45) is 11.5 Å². The van der Waals surface area contributed by atoms with E-state index in [1.807, 2.05) is 0 Å². The molecule has 6 N–H and O–H groups in total. The molecule has 6 nitrogen and oxygen atoms in total. The van der Waals surface area contributed by atoms with Gasteiger partial charge < -0.3 is 22.1 Å². The topological polar surface area (TPSA) is 115 Å². The second-order valence-corrected chi connectivity index (χ2v) is 3.43. The molecule has 86 valence electrons. The Balaban J connectivity index is 3.19. The summed E-state index contributed by atoms with van der Waals surface area (Å²) in [6, 6.07) is 4.79. The van der Waals surface area contributed by atoms with Gasteiger partial charge in [0.15, 0.2) is 0 Å². The van der Waals surface area contributed by atoms with Gasteiger partial charge in [-0.05, 0) is 12.1 Å². The molecule has 0 aliphatic rings. The molecule has 0 heterocycles. The number of hydrogen-bond acceptors (Lipinski definition) is 4. The van der Waals surface area contributed by atoms with E-state index < -0.39 is 11.8 Å². The lowest BCUT2D eigenvalue weighted by atomic mass is 10.1. The van der Waals surface area contributed by atoms with Crippen LogP contribution in [-0.4, -0.2) is 25.4 Å². The molecule has 2 amide bonds. The van der Waals surface area contributed by atoms with Crippen LogP contribution in [0.4, 0.5) is 11.4 Å². The van der Waals surface area contributed by atoms with E-state index in [-0.39, 0.29) is 12.1 Å². The van der Waals surface area contributed by atoms with Crippen LogP contribution in [0, 0.1) is 0 Å². The standard InChI is InChI=1S/C10H14N4O2/c1-14(5-8(12)15)9-6(10(13)16)3-2-4-7(9)11/h2-4H,5,11H2,1H3,(H2,12,15)(H2,13,16). The largest absolute Gasteiger partial charge is 0.397 e. The van der Waals surface area contributed by atoms with Crippen molar-refractivity contribution in [1.29, 1.82) is 0 Å². The Morgan fingerprint density at radius 2 is 1.94 bits per heavy atom. The van der Waals surface area contributed by atoms with E-state index in [9.17, 15) is 9.59 Å². The van der Waals surface area contributed by atoms with Gasteiger partial charge in [0.25, 0.3) is 5.91 Å². The number of hydrogen-bond donors (Lipinski definition) is 3. The third-order valence-corrected chi connectivity index (χ3v) is 2.11. The number of benzene rings is 1. The average Bonchev–Trinajstić information content (AvgIpc) is 2.15. The molecule has 0 aliphatic heterocycles. The zero-order valence-corrected chi connectivity index (χ0v) is 8.93. The van der Waals surface area contributed by atoms with E-state index in [1.165, 1.54) is 4.90 Å². The summed E-state index contributed by atoms with van der Waals surface area (Å²) < 4.78 is 0. The fourth-order valence-electron chi connectivity index (χ4n) is 1.50. The number of rotatable bonds is 4. The molecule has 16 heavy (non-hydrogen) atoms.